The highest BCUT2D eigenvalue weighted by atomic mass is 35.5. The molecule has 29 heavy (non-hydrogen) atoms. The lowest BCUT2D eigenvalue weighted by atomic mass is 10.2. The number of halogens is 1. The highest BCUT2D eigenvalue weighted by Gasteiger charge is 2.22. The van der Waals surface area contributed by atoms with Crippen LogP contribution < -0.4 is 9.46 Å². The molecule has 0 radical (unpaired) electrons. The minimum atomic E-state index is -3.89. The summed E-state index contributed by atoms with van der Waals surface area (Å²) in [5.41, 5.74) is 1.91. The number of sulfonamides is 1. The second kappa shape index (κ2) is 8.45. The third-order valence-corrected chi connectivity index (χ3v) is 7.26. The molecule has 1 aliphatic rings. The molecule has 0 bridgehead atoms. The summed E-state index contributed by atoms with van der Waals surface area (Å²) in [4.78, 5) is 6.72. The number of hydrogen-bond acceptors (Lipinski definition) is 7. The van der Waals surface area contributed by atoms with Crippen LogP contribution in [0.4, 0.5) is 5.13 Å². The monoisotopic (exact) mass is 453 g/mol. The quantitative estimate of drug-likeness (QED) is 0.614. The molecule has 1 aliphatic heterocycles. The van der Waals surface area contributed by atoms with Crippen LogP contribution in [0.3, 0.4) is 0 Å². The normalized spacial score (nSPS) is 15.5. The summed E-state index contributed by atoms with van der Waals surface area (Å²) >= 11 is 7.27. The molecule has 0 amide bonds. The molecule has 0 saturated carbocycles. The number of fused-ring (bicyclic) bond motifs is 1. The fourth-order valence-corrected chi connectivity index (χ4v) is 5.76. The van der Waals surface area contributed by atoms with Gasteiger partial charge in [0.2, 0.25) is 0 Å². The first-order valence-corrected chi connectivity index (χ1v) is 11.7. The van der Waals surface area contributed by atoms with Gasteiger partial charge in [0.15, 0.2) is 5.13 Å². The van der Waals surface area contributed by atoms with Gasteiger partial charge in [0.1, 0.15) is 10.6 Å². The van der Waals surface area contributed by atoms with Gasteiger partial charge in [-0.25, -0.2) is 13.4 Å². The maximum Gasteiger partial charge on any atom is 0.267 e. The number of thiazole rings is 1. The Balaban J connectivity index is 1.57. The average Bonchev–Trinajstić information content (AvgIpc) is 3.09. The van der Waals surface area contributed by atoms with E-state index < -0.39 is 10.0 Å². The third kappa shape index (κ3) is 4.65. The second-order valence-corrected chi connectivity index (χ2v) is 9.73. The lowest BCUT2D eigenvalue weighted by molar-refractivity contribution is 0.0342. The summed E-state index contributed by atoms with van der Waals surface area (Å²) in [5, 5.41) is 0.605. The summed E-state index contributed by atoms with van der Waals surface area (Å²) in [6, 6.07) is 10.5. The number of nitrogens with zero attached hydrogens (tertiary/aromatic N) is 2. The predicted octanol–water partition coefficient (Wildman–Crippen LogP) is 3.59. The van der Waals surface area contributed by atoms with Crippen molar-refractivity contribution >= 4 is 48.3 Å². The van der Waals surface area contributed by atoms with Crippen LogP contribution >= 0.6 is 22.9 Å². The molecule has 1 aromatic heterocycles. The first kappa shape index (κ1) is 20.4. The molecule has 3 aromatic rings. The molecule has 1 N–H and O–H groups in total. The Morgan fingerprint density at radius 1 is 1.24 bits per heavy atom. The smallest absolute Gasteiger partial charge is 0.267 e. The Bertz CT molecular complexity index is 1130. The lowest BCUT2D eigenvalue weighted by Gasteiger charge is -2.26. The van der Waals surface area contributed by atoms with Crippen LogP contribution in [0.5, 0.6) is 5.75 Å². The molecule has 7 nitrogen and oxygen atoms in total. The zero-order valence-corrected chi connectivity index (χ0v) is 18.1. The Morgan fingerprint density at radius 2 is 2.03 bits per heavy atom. The van der Waals surface area contributed by atoms with Crippen LogP contribution in [0.25, 0.3) is 10.2 Å². The molecule has 0 atom stereocenters. The lowest BCUT2D eigenvalue weighted by Crippen LogP contribution is -2.35. The number of hydrogen-bond donors (Lipinski definition) is 1. The van der Waals surface area contributed by atoms with Crippen LogP contribution in [-0.2, 0) is 21.3 Å². The average molecular weight is 454 g/mol. The maximum absolute atomic E-state index is 12.8. The number of rotatable bonds is 6. The van der Waals surface area contributed by atoms with E-state index in [0.29, 0.717) is 10.2 Å². The van der Waals surface area contributed by atoms with Crippen LogP contribution in [-0.4, -0.2) is 51.7 Å². The summed E-state index contributed by atoms with van der Waals surface area (Å²) in [5.74, 6) is 0.218. The van der Waals surface area contributed by atoms with Gasteiger partial charge in [0.05, 0.1) is 30.5 Å². The van der Waals surface area contributed by atoms with Crippen molar-refractivity contribution in [3.05, 3.63) is 47.0 Å². The summed E-state index contributed by atoms with van der Waals surface area (Å²) in [6.07, 6.45) is 0. The van der Waals surface area contributed by atoms with Gasteiger partial charge in [-0.15, -0.1) is 0 Å². The third-order valence-electron chi connectivity index (χ3n) is 4.60. The Morgan fingerprint density at radius 3 is 2.79 bits per heavy atom. The largest absolute Gasteiger partial charge is 0.495 e. The van der Waals surface area contributed by atoms with E-state index in [1.54, 1.807) is 6.07 Å². The molecule has 2 heterocycles. The second-order valence-electron chi connectivity index (χ2n) is 6.61. The highest BCUT2D eigenvalue weighted by Crippen LogP contribution is 2.32. The van der Waals surface area contributed by atoms with Crippen molar-refractivity contribution in [3.63, 3.8) is 0 Å². The van der Waals surface area contributed by atoms with Crippen LogP contribution in [0.15, 0.2) is 41.3 Å². The van der Waals surface area contributed by atoms with E-state index in [-0.39, 0.29) is 10.6 Å². The summed E-state index contributed by atoms with van der Waals surface area (Å²) in [6.45, 7) is 4.15. The van der Waals surface area contributed by atoms with E-state index in [2.05, 4.69) is 20.7 Å². The Labute approximate surface area is 178 Å². The summed E-state index contributed by atoms with van der Waals surface area (Å²) in [7, 11) is -2.48. The number of ether oxygens (including phenoxy) is 2. The molecule has 2 aromatic carbocycles. The highest BCUT2D eigenvalue weighted by molar-refractivity contribution is 7.93. The van der Waals surface area contributed by atoms with Crippen molar-refractivity contribution in [1.29, 1.82) is 0 Å². The van der Waals surface area contributed by atoms with E-state index in [4.69, 9.17) is 21.1 Å². The van der Waals surface area contributed by atoms with Gasteiger partial charge in [-0.3, -0.25) is 9.62 Å². The van der Waals surface area contributed by atoms with Gasteiger partial charge >= 0.3 is 0 Å². The van der Waals surface area contributed by atoms with E-state index >= 15 is 0 Å². The fourth-order valence-electron chi connectivity index (χ4n) is 3.16. The van der Waals surface area contributed by atoms with Crippen LogP contribution in [0, 0.1) is 0 Å². The number of methoxy groups -OCH3 is 1. The Hall–Kier alpha value is -1.91. The number of aromatic nitrogens is 1. The van der Waals surface area contributed by atoms with Crippen LogP contribution in [0.2, 0.25) is 5.02 Å². The maximum atomic E-state index is 12.8. The van der Waals surface area contributed by atoms with Gasteiger partial charge in [-0.05, 0) is 35.9 Å². The van der Waals surface area contributed by atoms with Crippen molar-refractivity contribution in [2.24, 2.45) is 0 Å². The van der Waals surface area contributed by atoms with Gasteiger partial charge in [0, 0.05) is 24.7 Å². The standard InChI is InChI=1S/C19H20ClN3O4S2/c1-26-16-5-3-14(20)11-18(16)29(24,25)22-19-21-15-4-2-13(10-17(15)28-19)12-23-6-8-27-9-7-23/h2-5,10-11H,6-9,12H2,1H3,(H,21,22). The molecule has 0 spiro atoms. The molecule has 0 aliphatic carbocycles. The number of anilines is 1. The topological polar surface area (TPSA) is 80.8 Å². The number of nitrogens with one attached hydrogen (secondary N) is 1. The minimum Gasteiger partial charge on any atom is -0.495 e. The molecule has 1 saturated heterocycles. The SMILES string of the molecule is COc1ccc(Cl)cc1S(=O)(=O)Nc1nc2ccc(CN3CCOCC3)cc2s1. The van der Waals surface area contributed by atoms with Crippen molar-refractivity contribution in [3.8, 4) is 5.75 Å². The van der Waals surface area contributed by atoms with E-state index in [0.717, 1.165) is 48.6 Å². The van der Waals surface area contributed by atoms with Gasteiger partial charge in [-0.1, -0.05) is 29.0 Å². The number of morpholine rings is 1. The zero-order chi connectivity index (χ0) is 20.4. The van der Waals surface area contributed by atoms with Crippen molar-refractivity contribution < 1.29 is 17.9 Å². The van der Waals surface area contributed by atoms with E-state index in [9.17, 15) is 8.42 Å². The summed E-state index contributed by atoms with van der Waals surface area (Å²) < 4.78 is 39.7. The van der Waals surface area contributed by atoms with Crippen molar-refractivity contribution in [1.82, 2.24) is 9.88 Å². The Kier molecular flexibility index (Phi) is 5.93. The molecule has 1 fully saturated rings. The van der Waals surface area contributed by atoms with Crippen molar-refractivity contribution in [2.45, 2.75) is 11.4 Å². The molecule has 0 unspecified atom stereocenters. The molecule has 154 valence electrons. The van der Waals surface area contributed by atoms with Crippen molar-refractivity contribution in [2.75, 3.05) is 38.1 Å². The van der Waals surface area contributed by atoms with Gasteiger partial charge < -0.3 is 9.47 Å². The minimum absolute atomic E-state index is 0.0280. The first-order chi connectivity index (χ1) is 13.9. The van der Waals surface area contributed by atoms with Crippen LogP contribution in [0.1, 0.15) is 5.56 Å². The van der Waals surface area contributed by atoms with E-state index in [1.165, 1.54) is 30.6 Å². The van der Waals surface area contributed by atoms with E-state index in [1.807, 2.05) is 12.1 Å². The predicted molar refractivity (Wildman–Crippen MR) is 115 cm³/mol. The van der Waals surface area contributed by atoms with Gasteiger partial charge in [-0.2, -0.15) is 0 Å². The molecule has 4 rings (SSSR count). The fraction of sp³-hybridized carbons (Fsp3) is 0.316. The molecule has 10 heteroatoms. The van der Waals surface area contributed by atoms with Gasteiger partial charge in [0.25, 0.3) is 10.0 Å². The molecular weight excluding hydrogens is 434 g/mol. The zero-order valence-electron chi connectivity index (χ0n) is 15.7. The number of benzene rings is 2. The first-order valence-electron chi connectivity index (χ1n) is 9.00. The molecular formula is C19H20ClN3O4S2.